The third kappa shape index (κ3) is 5.85. The molecule has 0 saturated heterocycles. The van der Waals surface area contributed by atoms with Crippen LogP contribution < -0.4 is 5.73 Å². The maximum Gasteiger partial charge on any atom is 0.410 e. The van der Waals surface area contributed by atoms with Crippen LogP contribution in [-0.4, -0.2) is 59.7 Å². The summed E-state index contributed by atoms with van der Waals surface area (Å²) in [5, 5.41) is 8.32. The molecule has 1 amide bonds. The van der Waals surface area contributed by atoms with E-state index in [2.05, 4.69) is 20.2 Å². The largest absolute Gasteiger partial charge is 0.611 e. The normalized spacial score (nSPS) is 15.1. The van der Waals surface area contributed by atoms with Gasteiger partial charge in [-0.2, -0.15) is 0 Å². The van der Waals surface area contributed by atoms with Crippen molar-refractivity contribution in [1.29, 1.82) is 0 Å². The molecule has 0 spiro atoms. The first-order valence-electron chi connectivity index (χ1n) is 11.7. The van der Waals surface area contributed by atoms with Gasteiger partial charge in [-0.05, 0) is 76.5 Å². The Labute approximate surface area is 213 Å². The highest BCUT2D eigenvalue weighted by atomic mass is 32.2. The van der Waals surface area contributed by atoms with Crippen LogP contribution in [0.2, 0.25) is 0 Å². The molecule has 0 fully saturated rings. The summed E-state index contributed by atoms with van der Waals surface area (Å²) in [4.78, 5) is 23.5. The third-order valence-electron chi connectivity index (χ3n) is 5.37. The molecule has 3 aromatic rings. The molecule has 11 heteroatoms. The first kappa shape index (κ1) is 25.6. The Morgan fingerprint density at radius 2 is 1.89 bits per heavy atom. The summed E-state index contributed by atoms with van der Waals surface area (Å²) in [6, 6.07) is 7.35. The van der Waals surface area contributed by atoms with E-state index >= 15 is 0 Å². The van der Waals surface area contributed by atoms with Crippen LogP contribution in [0.4, 0.5) is 10.6 Å². The number of aromatic nitrogens is 4. The summed E-state index contributed by atoms with van der Waals surface area (Å²) >= 11 is -1.07. The van der Waals surface area contributed by atoms with Crippen LogP contribution in [0.15, 0.2) is 45.9 Å². The molecule has 1 atom stereocenters. The van der Waals surface area contributed by atoms with Crippen molar-refractivity contribution in [2.24, 2.45) is 0 Å². The average Bonchev–Trinajstić information content (AvgIpc) is 3.33. The molecule has 10 nitrogen and oxygen atoms in total. The fourth-order valence-corrected chi connectivity index (χ4v) is 4.48. The van der Waals surface area contributed by atoms with Gasteiger partial charge in [0.25, 0.3) is 5.89 Å². The monoisotopic (exact) mass is 510 g/mol. The molecule has 1 aliphatic heterocycles. The van der Waals surface area contributed by atoms with Crippen LogP contribution in [0.3, 0.4) is 0 Å². The Morgan fingerprint density at radius 1 is 1.19 bits per heavy atom. The van der Waals surface area contributed by atoms with Crippen molar-refractivity contribution in [2.45, 2.75) is 56.8 Å². The van der Waals surface area contributed by atoms with Gasteiger partial charge in [0.05, 0.1) is 11.9 Å². The second kappa shape index (κ2) is 10.3. The second-order valence-corrected chi connectivity index (χ2v) is 11.7. The number of amides is 1. The van der Waals surface area contributed by atoms with Crippen molar-refractivity contribution in [2.75, 3.05) is 18.8 Å². The molecule has 3 heterocycles. The maximum atomic E-state index is 12.3. The Hall–Kier alpha value is -3.44. The minimum atomic E-state index is -1.07. The van der Waals surface area contributed by atoms with Crippen LogP contribution in [0, 0.1) is 0 Å². The van der Waals surface area contributed by atoms with Crippen LogP contribution in [0.1, 0.15) is 46.9 Å². The molecule has 190 valence electrons. The van der Waals surface area contributed by atoms with Crippen molar-refractivity contribution in [3.05, 3.63) is 42.4 Å². The van der Waals surface area contributed by atoms with E-state index in [9.17, 15) is 9.35 Å². The van der Waals surface area contributed by atoms with Gasteiger partial charge in [-0.1, -0.05) is 6.08 Å². The van der Waals surface area contributed by atoms with E-state index < -0.39 is 16.8 Å². The number of ether oxygens (including phenoxy) is 1. The predicted octanol–water partition coefficient (Wildman–Crippen LogP) is 4.32. The van der Waals surface area contributed by atoms with E-state index in [4.69, 9.17) is 14.9 Å². The Bertz CT molecular complexity index is 1270. The summed E-state index contributed by atoms with van der Waals surface area (Å²) in [5.74, 6) is 0.672. The van der Waals surface area contributed by atoms with Gasteiger partial charge < -0.3 is 24.3 Å². The summed E-state index contributed by atoms with van der Waals surface area (Å²) in [6.07, 6.45) is 3.64. The SMILES string of the molecule is CC(C)[S+]([O-])c1ccc(-c2cnc(N)c(-c3nnc(C4=CCN(C(=O)OC(C)(C)C)CC4)o3)n2)cc1. The Balaban J connectivity index is 1.51. The number of rotatable bonds is 5. The molecule has 0 bridgehead atoms. The summed E-state index contributed by atoms with van der Waals surface area (Å²) in [6.45, 7) is 10.2. The molecule has 36 heavy (non-hydrogen) atoms. The number of hydrogen-bond donors (Lipinski definition) is 1. The van der Waals surface area contributed by atoms with Gasteiger partial charge in [-0.25, -0.2) is 14.8 Å². The highest BCUT2D eigenvalue weighted by Gasteiger charge is 2.26. The van der Waals surface area contributed by atoms with E-state index in [1.165, 1.54) is 0 Å². The molecule has 1 aliphatic rings. The lowest BCUT2D eigenvalue weighted by Gasteiger charge is -2.28. The molecule has 1 unspecified atom stereocenters. The van der Waals surface area contributed by atoms with Gasteiger partial charge in [0.1, 0.15) is 10.9 Å². The van der Waals surface area contributed by atoms with E-state index in [1.54, 1.807) is 11.1 Å². The Morgan fingerprint density at radius 3 is 2.50 bits per heavy atom. The zero-order valence-corrected chi connectivity index (χ0v) is 21.8. The summed E-state index contributed by atoms with van der Waals surface area (Å²) in [5.41, 5.74) is 8.02. The topological polar surface area (TPSA) is 143 Å². The van der Waals surface area contributed by atoms with Crippen molar-refractivity contribution >= 4 is 28.7 Å². The molecule has 2 N–H and O–H groups in total. The smallest absolute Gasteiger partial charge is 0.410 e. The second-order valence-electron chi connectivity index (χ2n) is 9.68. The number of benzene rings is 1. The number of anilines is 1. The fourth-order valence-electron chi connectivity index (χ4n) is 3.53. The van der Waals surface area contributed by atoms with Crippen molar-refractivity contribution < 1.29 is 18.5 Å². The lowest BCUT2D eigenvalue weighted by molar-refractivity contribution is 0.0270. The first-order valence-corrected chi connectivity index (χ1v) is 12.9. The van der Waals surface area contributed by atoms with E-state index in [0.29, 0.717) is 31.1 Å². The minimum absolute atomic E-state index is 0.0325. The maximum absolute atomic E-state index is 12.3. The predicted molar refractivity (Wildman–Crippen MR) is 137 cm³/mol. The van der Waals surface area contributed by atoms with Gasteiger partial charge in [0.2, 0.25) is 5.89 Å². The standard InChI is InChI=1S/C25H30N6O4S/c1-15(2)36(33)18-8-6-16(7-9-18)19-14-27-21(26)20(28-19)23-30-29-22(34-23)17-10-12-31(13-11-17)24(32)35-25(3,4)5/h6-10,14-15H,11-13H2,1-5H3,(H2,26,27). The summed E-state index contributed by atoms with van der Waals surface area (Å²) in [7, 11) is 0. The first-order chi connectivity index (χ1) is 17.0. The molecule has 0 saturated carbocycles. The van der Waals surface area contributed by atoms with Gasteiger partial charge in [0.15, 0.2) is 16.4 Å². The third-order valence-corrected chi connectivity index (χ3v) is 6.97. The highest BCUT2D eigenvalue weighted by molar-refractivity contribution is 7.92. The van der Waals surface area contributed by atoms with Gasteiger partial charge in [-0.15, -0.1) is 10.2 Å². The number of carbonyl (C=O) groups is 1. The summed E-state index contributed by atoms with van der Waals surface area (Å²) < 4.78 is 23.6. The molecule has 4 rings (SSSR count). The zero-order valence-electron chi connectivity index (χ0n) is 21.0. The van der Waals surface area contributed by atoms with E-state index in [1.807, 2.05) is 65.0 Å². The molecular formula is C25H30N6O4S. The fraction of sp³-hybridized carbons (Fsp3) is 0.400. The Kier molecular flexibility index (Phi) is 7.32. The van der Waals surface area contributed by atoms with Gasteiger partial charge >= 0.3 is 6.09 Å². The van der Waals surface area contributed by atoms with Gasteiger partial charge in [-0.3, -0.25) is 0 Å². The van der Waals surface area contributed by atoms with E-state index in [0.717, 1.165) is 16.0 Å². The number of carbonyl (C=O) groups excluding carboxylic acids is 1. The highest BCUT2D eigenvalue weighted by Crippen LogP contribution is 2.29. The van der Waals surface area contributed by atoms with Crippen molar-refractivity contribution in [3.63, 3.8) is 0 Å². The minimum Gasteiger partial charge on any atom is -0.611 e. The average molecular weight is 511 g/mol. The molecule has 2 aromatic heterocycles. The number of nitrogen functional groups attached to an aromatic ring is 1. The van der Waals surface area contributed by atoms with Crippen LogP contribution in [0.5, 0.6) is 0 Å². The number of nitrogens with two attached hydrogens (primary N) is 1. The van der Waals surface area contributed by atoms with Gasteiger partial charge in [0, 0.05) is 24.2 Å². The van der Waals surface area contributed by atoms with Crippen LogP contribution >= 0.6 is 0 Å². The molecule has 0 radical (unpaired) electrons. The van der Waals surface area contributed by atoms with Crippen LogP contribution in [0.25, 0.3) is 28.4 Å². The zero-order chi connectivity index (χ0) is 26.0. The van der Waals surface area contributed by atoms with Crippen LogP contribution in [-0.2, 0) is 15.9 Å². The van der Waals surface area contributed by atoms with Crippen molar-refractivity contribution in [1.82, 2.24) is 25.1 Å². The molecule has 1 aromatic carbocycles. The van der Waals surface area contributed by atoms with E-state index in [-0.39, 0.29) is 28.7 Å². The number of hydrogen-bond acceptors (Lipinski definition) is 9. The lowest BCUT2D eigenvalue weighted by Crippen LogP contribution is -2.39. The van der Waals surface area contributed by atoms with Crippen molar-refractivity contribution in [3.8, 4) is 22.8 Å². The molecule has 0 aliphatic carbocycles. The molecular weight excluding hydrogens is 480 g/mol. The quantitative estimate of drug-likeness (QED) is 0.496. The lowest BCUT2D eigenvalue weighted by atomic mass is 10.1. The number of nitrogens with zero attached hydrogens (tertiary/aromatic N) is 5.